The Hall–Kier alpha value is -4.24. The average Bonchev–Trinajstić information content (AvgIpc) is 2.95. The van der Waals surface area contributed by atoms with Crippen molar-refractivity contribution >= 4 is 23.1 Å². The molecule has 7 rings (SSSR count). The van der Waals surface area contributed by atoms with E-state index < -0.39 is 13.7 Å². The van der Waals surface area contributed by atoms with Crippen LogP contribution >= 0.6 is 0 Å². The smallest absolute Gasteiger partial charge is 0.260 e. The Morgan fingerprint density at radius 2 is 1.06 bits per heavy atom. The van der Waals surface area contributed by atoms with Gasteiger partial charge >= 0.3 is 0 Å². The van der Waals surface area contributed by atoms with Gasteiger partial charge in [-0.1, -0.05) is 78.9 Å². The molecule has 2 aliphatic heterocycles. The van der Waals surface area contributed by atoms with Crippen molar-refractivity contribution in [2.75, 3.05) is 0 Å². The van der Waals surface area contributed by atoms with Gasteiger partial charge < -0.3 is 9.47 Å². The van der Waals surface area contributed by atoms with Crippen LogP contribution in [-0.2, 0) is 0 Å². The molecule has 166 valence electrons. The number of ether oxygens (including phenoxy) is 2. The number of hydrogen-bond donors (Lipinski definition) is 0. The van der Waals surface area contributed by atoms with Crippen LogP contribution in [0.3, 0.4) is 0 Å². The Morgan fingerprint density at radius 1 is 0.543 bits per heavy atom. The SMILES string of the molecule is [2H]C([2H])([2H])c1ccccc1-c1ccc2c(c1)Oc1cccc3c1B2c1ccc(-c2ccccc2C([2H])([2H])[2H])cc1O3. The predicted molar refractivity (Wildman–Crippen MR) is 144 cm³/mol. The molecule has 2 heterocycles. The molecular weight excluding hydrogens is 427 g/mol. The van der Waals surface area contributed by atoms with Crippen LogP contribution in [0.5, 0.6) is 23.0 Å². The normalized spacial score (nSPS) is 15.9. The lowest BCUT2D eigenvalue weighted by Crippen LogP contribution is -2.57. The van der Waals surface area contributed by atoms with Crippen molar-refractivity contribution in [3.63, 3.8) is 0 Å². The highest BCUT2D eigenvalue weighted by Gasteiger charge is 2.40. The molecule has 3 heteroatoms. The molecule has 0 atom stereocenters. The van der Waals surface area contributed by atoms with E-state index in [-0.39, 0.29) is 6.71 Å². The lowest BCUT2D eigenvalue weighted by atomic mass is 9.35. The zero-order chi connectivity index (χ0) is 28.5. The zero-order valence-electron chi connectivity index (χ0n) is 24.7. The van der Waals surface area contributed by atoms with Crippen LogP contribution in [0.25, 0.3) is 22.3 Å². The van der Waals surface area contributed by atoms with Gasteiger partial charge in [-0.25, -0.2) is 0 Å². The van der Waals surface area contributed by atoms with Gasteiger partial charge in [-0.2, -0.15) is 0 Å². The molecule has 0 N–H and O–H groups in total. The highest BCUT2D eigenvalue weighted by molar-refractivity contribution is 6.98. The maximum atomic E-state index is 8.01. The second-order valence-electron chi connectivity index (χ2n) is 8.90. The maximum absolute atomic E-state index is 8.01. The minimum atomic E-state index is -2.25. The number of rotatable bonds is 2. The molecule has 0 unspecified atom stereocenters. The lowest BCUT2D eigenvalue weighted by Gasteiger charge is -2.33. The molecule has 35 heavy (non-hydrogen) atoms. The molecular formula is C32H23BO2. The molecule has 0 fully saturated rings. The van der Waals surface area contributed by atoms with Gasteiger partial charge in [-0.3, -0.25) is 0 Å². The van der Waals surface area contributed by atoms with E-state index in [1.54, 1.807) is 24.3 Å². The molecule has 0 radical (unpaired) electrons. The minimum Gasteiger partial charge on any atom is -0.458 e. The summed E-state index contributed by atoms with van der Waals surface area (Å²) in [7, 11) is 0. The van der Waals surface area contributed by atoms with E-state index in [4.69, 9.17) is 17.7 Å². The van der Waals surface area contributed by atoms with Crippen LogP contribution in [0.4, 0.5) is 0 Å². The van der Waals surface area contributed by atoms with E-state index in [0.717, 1.165) is 27.5 Å². The van der Waals surface area contributed by atoms with Crippen molar-refractivity contribution in [1.29, 1.82) is 0 Å². The first-order chi connectivity index (χ1) is 19.6. The first kappa shape index (κ1) is 14.9. The average molecular weight is 456 g/mol. The monoisotopic (exact) mass is 456 g/mol. The summed E-state index contributed by atoms with van der Waals surface area (Å²) in [5, 5.41) is 0. The third-order valence-corrected chi connectivity index (χ3v) is 6.88. The summed E-state index contributed by atoms with van der Waals surface area (Å²) < 4.78 is 60.8. The summed E-state index contributed by atoms with van der Waals surface area (Å²) >= 11 is 0. The van der Waals surface area contributed by atoms with Crippen LogP contribution in [0, 0.1) is 13.7 Å². The third kappa shape index (κ3) is 3.12. The van der Waals surface area contributed by atoms with Gasteiger partial charge in [0.2, 0.25) is 0 Å². The molecule has 5 aromatic rings. The van der Waals surface area contributed by atoms with Crippen LogP contribution in [0.1, 0.15) is 19.4 Å². The summed E-state index contributed by atoms with van der Waals surface area (Å²) in [4.78, 5) is 0. The van der Waals surface area contributed by atoms with Crippen molar-refractivity contribution in [2.45, 2.75) is 13.7 Å². The molecule has 0 saturated carbocycles. The molecule has 5 aromatic carbocycles. The second-order valence-corrected chi connectivity index (χ2v) is 8.90. The van der Waals surface area contributed by atoms with E-state index in [9.17, 15) is 0 Å². The predicted octanol–water partition coefficient (Wildman–Crippen LogP) is 6.37. The molecule has 2 aliphatic rings. The Balaban J connectivity index is 1.37. The maximum Gasteiger partial charge on any atom is 0.260 e. The van der Waals surface area contributed by atoms with E-state index in [1.807, 2.05) is 78.9 Å². The fourth-order valence-corrected chi connectivity index (χ4v) is 5.23. The highest BCUT2D eigenvalue weighted by Crippen LogP contribution is 2.37. The summed E-state index contributed by atoms with van der Waals surface area (Å²) in [6.45, 7) is -4.66. The topological polar surface area (TPSA) is 18.5 Å². The van der Waals surface area contributed by atoms with Crippen molar-refractivity contribution in [2.24, 2.45) is 0 Å². The molecule has 0 amide bonds. The van der Waals surface area contributed by atoms with Crippen LogP contribution < -0.4 is 25.9 Å². The van der Waals surface area contributed by atoms with Crippen molar-refractivity contribution in [3.8, 4) is 45.3 Å². The van der Waals surface area contributed by atoms with E-state index in [0.29, 0.717) is 45.3 Å². The van der Waals surface area contributed by atoms with Gasteiger partial charge in [0.05, 0.1) is 0 Å². The van der Waals surface area contributed by atoms with E-state index in [1.165, 1.54) is 0 Å². The quantitative estimate of drug-likeness (QED) is 0.282. The Morgan fingerprint density at radius 3 is 1.57 bits per heavy atom. The van der Waals surface area contributed by atoms with Crippen LogP contribution in [-0.4, -0.2) is 6.71 Å². The van der Waals surface area contributed by atoms with Crippen LogP contribution in [0.2, 0.25) is 0 Å². The van der Waals surface area contributed by atoms with Gasteiger partial charge in [0.25, 0.3) is 6.71 Å². The summed E-state index contributed by atoms with van der Waals surface area (Å²) in [6, 6.07) is 31.5. The van der Waals surface area contributed by atoms with Crippen molar-refractivity contribution in [3.05, 3.63) is 114 Å². The largest absolute Gasteiger partial charge is 0.458 e. The van der Waals surface area contributed by atoms with E-state index >= 15 is 0 Å². The van der Waals surface area contributed by atoms with Gasteiger partial charge in [0.1, 0.15) is 23.0 Å². The summed E-state index contributed by atoms with van der Waals surface area (Å²) in [6.07, 6.45) is 0. The van der Waals surface area contributed by atoms with Crippen LogP contribution in [0.15, 0.2) is 103 Å². The molecule has 0 aromatic heterocycles. The number of benzene rings is 5. The lowest BCUT2D eigenvalue weighted by molar-refractivity contribution is 0.464. The summed E-state index contributed by atoms with van der Waals surface area (Å²) in [5.41, 5.74) is 6.21. The first-order valence-electron chi connectivity index (χ1n) is 14.6. The number of fused-ring (bicyclic) bond motifs is 4. The Bertz CT molecular complexity index is 1710. The van der Waals surface area contributed by atoms with Gasteiger partial charge in [0.15, 0.2) is 0 Å². The number of aryl methyl sites for hydroxylation is 2. The standard InChI is InChI=1S/C32H23BO2/c1-20-8-3-5-10-24(20)22-14-16-26-30(18-22)34-28-12-7-13-29-32(28)33(26)27-17-15-23(19-31(27)35-29)25-11-6-4-9-21(25)2/h3-19H,1-2H3/i1D3,2D3. The number of hydrogen-bond acceptors (Lipinski definition) is 2. The van der Waals surface area contributed by atoms with Gasteiger partial charge in [-0.05, 0) is 82.3 Å². The van der Waals surface area contributed by atoms with Crippen molar-refractivity contribution < 1.29 is 17.7 Å². The fourth-order valence-electron chi connectivity index (χ4n) is 5.23. The second kappa shape index (κ2) is 7.64. The highest BCUT2D eigenvalue weighted by atomic mass is 16.5. The Labute approximate surface area is 214 Å². The van der Waals surface area contributed by atoms with Gasteiger partial charge in [-0.15, -0.1) is 0 Å². The molecule has 0 saturated heterocycles. The van der Waals surface area contributed by atoms with Gasteiger partial charge in [0, 0.05) is 13.7 Å². The third-order valence-electron chi connectivity index (χ3n) is 6.88. The summed E-state index contributed by atoms with van der Waals surface area (Å²) in [5.74, 6) is 2.68. The molecule has 0 aliphatic carbocycles. The first-order valence-corrected chi connectivity index (χ1v) is 11.6. The minimum absolute atomic E-state index is 0.174. The Kier molecular flexibility index (Phi) is 3.25. The zero-order valence-corrected chi connectivity index (χ0v) is 18.7. The fraction of sp³-hybridized carbons (Fsp3) is 0.0625. The van der Waals surface area contributed by atoms with E-state index in [2.05, 4.69) is 0 Å². The van der Waals surface area contributed by atoms with Crippen molar-refractivity contribution in [1.82, 2.24) is 0 Å². The molecule has 0 spiro atoms. The molecule has 2 nitrogen and oxygen atoms in total. The molecule has 0 bridgehead atoms.